The highest BCUT2D eigenvalue weighted by molar-refractivity contribution is 6.26. The average Bonchev–Trinajstić information content (AvgIpc) is 3.81. The lowest BCUT2D eigenvalue weighted by molar-refractivity contribution is 1.10. The molecular formula is C65H38N4. The highest BCUT2D eigenvalue weighted by Gasteiger charge is 2.20. The molecule has 15 rings (SSSR count). The van der Waals surface area contributed by atoms with Crippen LogP contribution in [0.4, 0.5) is 0 Å². The van der Waals surface area contributed by atoms with Gasteiger partial charge in [-0.15, -0.1) is 0 Å². The van der Waals surface area contributed by atoms with E-state index in [0.29, 0.717) is 0 Å². The Balaban J connectivity index is 0.883. The van der Waals surface area contributed by atoms with Gasteiger partial charge in [-0.2, -0.15) is 0 Å². The molecule has 0 fully saturated rings. The molecule has 0 aliphatic heterocycles. The second kappa shape index (κ2) is 14.6. The Morgan fingerprint density at radius 3 is 1.48 bits per heavy atom. The molecule has 0 radical (unpaired) electrons. The highest BCUT2D eigenvalue weighted by atomic mass is 15.1. The van der Waals surface area contributed by atoms with E-state index in [2.05, 4.69) is 223 Å². The minimum atomic E-state index is 0.804. The van der Waals surface area contributed by atoms with E-state index in [1.54, 1.807) is 0 Å². The Bertz CT molecular complexity index is 4450. The molecular weight excluding hydrogens is 837 g/mol. The zero-order valence-electron chi connectivity index (χ0n) is 37.2. The van der Waals surface area contributed by atoms with Crippen molar-refractivity contribution in [2.24, 2.45) is 0 Å². The molecule has 15 aromatic rings. The zero-order chi connectivity index (χ0) is 45.2. The van der Waals surface area contributed by atoms with Gasteiger partial charge in [0.25, 0.3) is 0 Å². The van der Waals surface area contributed by atoms with E-state index in [4.69, 9.17) is 15.0 Å². The van der Waals surface area contributed by atoms with Crippen LogP contribution in [0, 0.1) is 0 Å². The van der Waals surface area contributed by atoms with Crippen LogP contribution in [0.15, 0.2) is 231 Å². The van der Waals surface area contributed by atoms with Crippen LogP contribution in [0.1, 0.15) is 0 Å². The molecule has 0 N–H and O–H groups in total. The highest BCUT2D eigenvalue weighted by Crippen LogP contribution is 2.43. The summed E-state index contributed by atoms with van der Waals surface area (Å²) >= 11 is 0. The van der Waals surface area contributed by atoms with Crippen LogP contribution in [-0.2, 0) is 0 Å². The number of hydrogen-bond acceptors (Lipinski definition) is 3. The van der Waals surface area contributed by atoms with Crippen molar-refractivity contribution < 1.29 is 0 Å². The van der Waals surface area contributed by atoms with Gasteiger partial charge in [0.15, 0.2) is 0 Å². The summed E-state index contributed by atoms with van der Waals surface area (Å²) in [4.78, 5) is 16.2. The topological polar surface area (TPSA) is 43.6 Å². The average molecular weight is 875 g/mol. The first-order chi connectivity index (χ1) is 34.2. The Hall–Kier alpha value is -9.25. The van der Waals surface area contributed by atoms with Gasteiger partial charge in [0, 0.05) is 22.4 Å². The SMILES string of the molecule is c1ccc(-n2c(-c3ccc4nc(-c5ccc(-c6cc7ccc8cccc9ccc(c6)c7c89)cc5)c(-c5ccc(-c6cc7cccc8ccc9cccc6c9c87)cc5)nc4c3)nc3ccccc32)cc1. The van der Waals surface area contributed by atoms with E-state index < -0.39 is 0 Å². The summed E-state index contributed by atoms with van der Waals surface area (Å²) in [5, 5.41) is 15.4. The standard InChI is InChI=1S/C65H38N4/c1-2-14-52(15-3-1)69-58-18-5-4-17-56(58)68-65(69)50-33-34-55-57(38-50)67-64(46-29-21-40(22-30-46)54-37-47-13-7-11-43-23-24-44-12-8-16-53(54)62(44)60(43)47)63(66-55)45-27-19-39(20-28-45)51-35-48-31-25-41-9-6-10-42-26-32-49(36-51)61(48)59(41)42/h1-38H. The molecule has 0 saturated heterocycles. The van der Waals surface area contributed by atoms with Gasteiger partial charge in [-0.3, -0.25) is 4.57 Å². The molecule has 69 heavy (non-hydrogen) atoms. The molecule has 318 valence electrons. The van der Waals surface area contributed by atoms with Gasteiger partial charge >= 0.3 is 0 Å². The zero-order valence-corrected chi connectivity index (χ0v) is 37.2. The van der Waals surface area contributed by atoms with Crippen LogP contribution in [0.5, 0.6) is 0 Å². The summed E-state index contributed by atoms with van der Waals surface area (Å²) in [5.41, 5.74) is 14.0. The molecule has 0 amide bonds. The van der Waals surface area contributed by atoms with Crippen LogP contribution in [0.25, 0.3) is 149 Å². The van der Waals surface area contributed by atoms with Crippen molar-refractivity contribution in [3.63, 3.8) is 0 Å². The molecule has 0 atom stereocenters. The Morgan fingerprint density at radius 2 is 0.783 bits per heavy atom. The molecule has 0 aliphatic carbocycles. The fourth-order valence-electron chi connectivity index (χ4n) is 11.2. The van der Waals surface area contributed by atoms with E-state index in [1.165, 1.54) is 75.8 Å². The third kappa shape index (κ3) is 5.86. The maximum absolute atomic E-state index is 5.54. The van der Waals surface area contributed by atoms with Gasteiger partial charge in [0.2, 0.25) is 0 Å². The lowest BCUT2D eigenvalue weighted by atomic mass is 9.88. The third-order valence-electron chi connectivity index (χ3n) is 14.4. The maximum atomic E-state index is 5.54. The second-order valence-electron chi connectivity index (χ2n) is 18.4. The Labute approximate surface area is 396 Å². The van der Waals surface area contributed by atoms with Crippen molar-refractivity contribution in [1.82, 2.24) is 19.5 Å². The normalized spacial score (nSPS) is 12.1. The van der Waals surface area contributed by atoms with Crippen molar-refractivity contribution in [2.75, 3.05) is 0 Å². The summed E-state index contributed by atoms with van der Waals surface area (Å²) in [6.07, 6.45) is 0. The largest absolute Gasteiger partial charge is 0.292 e. The number of para-hydroxylation sites is 3. The van der Waals surface area contributed by atoms with Gasteiger partial charge in [0.05, 0.1) is 33.5 Å². The van der Waals surface area contributed by atoms with Crippen LogP contribution < -0.4 is 0 Å². The number of fused-ring (bicyclic) bond motifs is 2. The molecule has 4 nitrogen and oxygen atoms in total. The molecule has 0 unspecified atom stereocenters. The third-order valence-corrected chi connectivity index (χ3v) is 14.4. The van der Waals surface area contributed by atoms with Crippen LogP contribution >= 0.6 is 0 Å². The minimum absolute atomic E-state index is 0.804. The number of hydrogen-bond donors (Lipinski definition) is 0. The van der Waals surface area contributed by atoms with E-state index in [1.807, 2.05) is 12.1 Å². The molecule has 0 aliphatic rings. The van der Waals surface area contributed by atoms with Gasteiger partial charge in [-0.05, 0) is 148 Å². The van der Waals surface area contributed by atoms with Crippen molar-refractivity contribution in [1.29, 1.82) is 0 Å². The van der Waals surface area contributed by atoms with Crippen molar-refractivity contribution in [3.05, 3.63) is 231 Å². The maximum Gasteiger partial charge on any atom is 0.145 e. The molecule has 4 heteroatoms. The lowest BCUT2D eigenvalue weighted by Gasteiger charge is -2.16. The van der Waals surface area contributed by atoms with E-state index in [0.717, 1.165) is 72.8 Å². The number of rotatable bonds is 6. The van der Waals surface area contributed by atoms with E-state index in [-0.39, 0.29) is 0 Å². The molecule has 2 heterocycles. The summed E-state index contributed by atoms with van der Waals surface area (Å²) in [7, 11) is 0. The second-order valence-corrected chi connectivity index (χ2v) is 18.4. The Kier molecular flexibility index (Phi) is 8.04. The molecule has 2 aromatic heterocycles. The number of nitrogens with zero attached hydrogens (tertiary/aromatic N) is 4. The summed E-state index contributed by atoms with van der Waals surface area (Å²) in [6.45, 7) is 0. The number of imidazole rings is 1. The first-order valence-corrected chi connectivity index (χ1v) is 23.6. The summed E-state index contributed by atoms with van der Waals surface area (Å²) in [5.74, 6) is 0.858. The lowest BCUT2D eigenvalue weighted by Crippen LogP contribution is -1.99. The van der Waals surface area contributed by atoms with Crippen molar-refractivity contribution in [3.8, 4) is 61.8 Å². The van der Waals surface area contributed by atoms with Crippen LogP contribution in [-0.4, -0.2) is 19.5 Å². The molecule has 13 aromatic carbocycles. The number of aromatic nitrogens is 4. The van der Waals surface area contributed by atoms with Gasteiger partial charge in [0.1, 0.15) is 5.82 Å². The molecule has 0 bridgehead atoms. The van der Waals surface area contributed by atoms with Crippen molar-refractivity contribution >= 4 is 86.7 Å². The molecule has 0 saturated carbocycles. The number of benzene rings is 13. The smallest absolute Gasteiger partial charge is 0.145 e. The predicted octanol–water partition coefficient (Wildman–Crippen LogP) is 17.1. The first kappa shape index (κ1) is 37.9. The molecule has 0 spiro atoms. The summed E-state index contributed by atoms with van der Waals surface area (Å²) < 4.78 is 2.24. The fraction of sp³-hybridized carbons (Fsp3) is 0. The fourth-order valence-corrected chi connectivity index (χ4v) is 11.2. The first-order valence-electron chi connectivity index (χ1n) is 23.6. The van der Waals surface area contributed by atoms with Gasteiger partial charge in [-0.1, -0.05) is 170 Å². The van der Waals surface area contributed by atoms with Gasteiger partial charge < -0.3 is 0 Å². The van der Waals surface area contributed by atoms with Gasteiger partial charge in [-0.25, -0.2) is 15.0 Å². The summed E-state index contributed by atoms with van der Waals surface area (Å²) in [6, 6.07) is 83.3. The van der Waals surface area contributed by atoms with E-state index >= 15 is 0 Å². The van der Waals surface area contributed by atoms with Crippen LogP contribution in [0.2, 0.25) is 0 Å². The predicted molar refractivity (Wildman–Crippen MR) is 289 cm³/mol. The quantitative estimate of drug-likeness (QED) is 0.156. The van der Waals surface area contributed by atoms with Crippen molar-refractivity contribution in [2.45, 2.75) is 0 Å². The monoisotopic (exact) mass is 874 g/mol. The van der Waals surface area contributed by atoms with E-state index in [9.17, 15) is 0 Å². The minimum Gasteiger partial charge on any atom is -0.292 e. The Morgan fingerprint density at radius 1 is 0.275 bits per heavy atom. The van der Waals surface area contributed by atoms with Crippen LogP contribution in [0.3, 0.4) is 0 Å².